The second-order valence-corrected chi connectivity index (χ2v) is 9.95. The molecule has 1 unspecified atom stereocenters. The van der Waals surface area contributed by atoms with Crippen LogP contribution in [0.1, 0.15) is 36.7 Å². The number of nitrogens with one attached hydrogen (secondary N) is 2. The average molecular weight is 478 g/mol. The van der Waals surface area contributed by atoms with Gasteiger partial charge in [-0.25, -0.2) is 8.42 Å². The molecule has 1 fully saturated rings. The highest BCUT2D eigenvalue weighted by Gasteiger charge is 2.37. The zero-order valence-electron chi connectivity index (χ0n) is 19.1. The molecule has 1 aromatic heterocycles. The summed E-state index contributed by atoms with van der Waals surface area (Å²) in [6.45, 7) is 3.71. The number of nitrogens with zero attached hydrogens (tertiary/aromatic N) is 1. The van der Waals surface area contributed by atoms with E-state index >= 15 is 0 Å². The maximum Gasteiger partial charge on any atom is 0.266 e. The predicted molar refractivity (Wildman–Crippen MR) is 127 cm³/mol. The van der Waals surface area contributed by atoms with Gasteiger partial charge in [0.25, 0.3) is 11.8 Å². The molecule has 1 aliphatic heterocycles. The van der Waals surface area contributed by atoms with Crippen LogP contribution in [0, 0.1) is 0 Å². The third kappa shape index (κ3) is 5.94. The number of benzene rings is 1. The van der Waals surface area contributed by atoms with Crippen LogP contribution in [0.25, 0.3) is 10.9 Å². The average Bonchev–Trinajstić information content (AvgIpc) is 3.18. The Morgan fingerprint density at radius 3 is 2.82 bits per heavy atom. The Hall–Kier alpha value is -2.41. The van der Waals surface area contributed by atoms with Gasteiger partial charge in [-0.1, -0.05) is 30.9 Å². The maximum atomic E-state index is 13.5. The summed E-state index contributed by atoms with van der Waals surface area (Å²) < 4.78 is 39.3. The molecule has 0 saturated carbocycles. The van der Waals surface area contributed by atoms with Crippen molar-refractivity contribution in [2.75, 3.05) is 39.5 Å². The molecule has 1 saturated heterocycles. The first-order valence-electron chi connectivity index (χ1n) is 11.1. The van der Waals surface area contributed by atoms with Crippen LogP contribution >= 0.6 is 0 Å². The van der Waals surface area contributed by atoms with E-state index in [0.717, 1.165) is 18.3 Å². The Labute approximate surface area is 194 Å². The molecule has 2 aromatic rings. The molecule has 1 atom stereocenters. The lowest BCUT2D eigenvalue weighted by atomic mass is 9.95. The zero-order chi connectivity index (χ0) is 24.0. The minimum Gasteiger partial charge on any atom is -0.381 e. The third-order valence-electron chi connectivity index (χ3n) is 5.48. The molecule has 12 heteroatoms. The number of unbranched alkanes of at least 4 members (excludes halogenated alkanes) is 1. The van der Waals surface area contributed by atoms with Crippen molar-refractivity contribution in [2.24, 2.45) is 5.73 Å². The largest absolute Gasteiger partial charge is 0.381 e. The van der Waals surface area contributed by atoms with E-state index in [1.807, 2.05) is 13.9 Å². The Balaban J connectivity index is 1.71. The van der Waals surface area contributed by atoms with Gasteiger partial charge in [-0.2, -0.15) is 4.31 Å². The smallest absolute Gasteiger partial charge is 0.266 e. The number of hydrogen-bond donors (Lipinski definition) is 3. The summed E-state index contributed by atoms with van der Waals surface area (Å²) >= 11 is 0. The van der Waals surface area contributed by atoms with Gasteiger partial charge in [-0.3, -0.25) is 9.59 Å². The monoisotopic (exact) mass is 478 g/mol. The van der Waals surface area contributed by atoms with Crippen molar-refractivity contribution < 1.29 is 27.5 Å². The topological polar surface area (TPSA) is 144 Å². The lowest BCUT2D eigenvalue weighted by molar-refractivity contribution is -0.136. The molecule has 4 N–H and O–H groups in total. The number of carbonyl (C=O) groups is 2. The van der Waals surface area contributed by atoms with Gasteiger partial charge in [0.1, 0.15) is 24.5 Å². The number of nitrogens with two attached hydrogens (primary N) is 1. The van der Waals surface area contributed by atoms with Gasteiger partial charge in [-0.05, 0) is 18.9 Å². The third-order valence-corrected chi connectivity index (χ3v) is 7.43. The standard InChI is InChI=1S/C21H31BN4O6S/c1-2-3-9-31-10-4-7-24-21(28)17-13-26(8-11-32-17)33(29,30)19-15-12-14(22)5-6-16(15)25-18(19)20(23)27/h5-6,12,17,25H,2-4,7-11,13,22H2,1H3,(H2,23,27)(H,24,28). The van der Waals surface area contributed by atoms with Crippen molar-refractivity contribution in [3.63, 3.8) is 0 Å². The molecule has 0 bridgehead atoms. The van der Waals surface area contributed by atoms with Crippen molar-refractivity contribution >= 4 is 46.0 Å². The van der Waals surface area contributed by atoms with Crippen molar-refractivity contribution in [3.8, 4) is 0 Å². The zero-order valence-corrected chi connectivity index (χ0v) is 19.9. The van der Waals surface area contributed by atoms with Crippen LogP contribution in [0.4, 0.5) is 0 Å². The number of primary amides is 1. The predicted octanol–water partition coefficient (Wildman–Crippen LogP) is -0.762. The van der Waals surface area contributed by atoms with Gasteiger partial charge in [0.15, 0.2) is 0 Å². The number of hydrogen-bond acceptors (Lipinski definition) is 6. The van der Waals surface area contributed by atoms with Crippen molar-refractivity contribution in [1.29, 1.82) is 0 Å². The number of amides is 2. The first kappa shape index (κ1) is 25.2. The lowest BCUT2D eigenvalue weighted by Gasteiger charge is -2.31. The van der Waals surface area contributed by atoms with Crippen molar-refractivity contribution in [1.82, 2.24) is 14.6 Å². The maximum absolute atomic E-state index is 13.5. The number of carbonyl (C=O) groups excluding carboxylic acids is 2. The van der Waals surface area contributed by atoms with E-state index < -0.39 is 22.0 Å². The summed E-state index contributed by atoms with van der Waals surface area (Å²) in [7, 11) is -2.29. The minimum atomic E-state index is -4.12. The highest BCUT2D eigenvalue weighted by Crippen LogP contribution is 2.30. The number of fused-ring (bicyclic) bond motifs is 1. The van der Waals surface area contributed by atoms with Crippen LogP contribution < -0.4 is 16.5 Å². The van der Waals surface area contributed by atoms with Crippen LogP contribution in [-0.4, -0.2) is 82.9 Å². The Morgan fingerprint density at radius 2 is 2.09 bits per heavy atom. The summed E-state index contributed by atoms with van der Waals surface area (Å²) in [5, 5.41) is 3.16. The van der Waals surface area contributed by atoms with Crippen LogP contribution in [0.3, 0.4) is 0 Å². The molecule has 1 aromatic carbocycles. The highest BCUT2D eigenvalue weighted by atomic mass is 32.2. The summed E-state index contributed by atoms with van der Waals surface area (Å²) in [6.07, 6.45) is 1.77. The van der Waals surface area contributed by atoms with E-state index in [-0.39, 0.29) is 36.2 Å². The highest BCUT2D eigenvalue weighted by molar-refractivity contribution is 7.89. The van der Waals surface area contributed by atoms with E-state index in [4.69, 9.17) is 15.2 Å². The molecule has 1 aliphatic rings. The second-order valence-electron chi connectivity index (χ2n) is 8.08. The molecule has 180 valence electrons. The molecule has 10 nitrogen and oxygen atoms in total. The van der Waals surface area contributed by atoms with E-state index in [1.165, 1.54) is 4.31 Å². The first-order valence-corrected chi connectivity index (χ1v) is 12.6. The quantitative estimate of drug-likeness (QED) is 0.286. The van der Waals surface area contributed by atoms with Gasteiger partial charge in [-0.15, -0.1) is 0 Å². The Morgan fingerprint density at radius 1 is 1.33 bits per heavy atom. The fourth-order valence-electron chi connectivity index (χ4n) is 3.70. The van der Waals surface area contributed by atoms with E-state index in [2.05, 4.69) is 17.2 Å². The van der Waals surface area contributed by atoms with Gasteiger partial charge < -0.3 is 25.5 Å². The number of sulfonamides is 1. The number of aromatic amines is 1. The molecule has 2 amide bonds. The van der Waals surface area contributed by atoms with Crippen molar-refractivity contribution in [2.45, 2.75) is 37.2 Å². The summed E-state index contributed by atoms with van der Waals surface area (Å²) in [4.78, 5) is 27.2. The number of morpholine rings is 1. The number of aromatic nitrogens is 1. The van der Waals surface area contributed by atoms with Crippen molar-refractivity contribution in [3.05, 3.63) is 23.9 Å². The fourth-order valence-corrected chi connectivity index (χ4v) is 5.46. The van der Waals surface area contributed by atoms with Crippen LogP contribution in [0.15, 0.2) is 23.1 Å². The first-order chi connectivity index (χ1) is 15.8. The molecule has 33 heavy (non-hydrogen) atoms. The van der Waals surface area contributed by atoms with Crippen LogP contribution in [0.2, 0.25) is 0 Å². The molecular weight excluding hydrogens is 447 g/mol. The summed E-state index contributed by atoms with van der Waals surface area (Å²) in [5.41, 5.74) is 6.63. The summed E-state index contributed by atoms with van der Waals surface area (Å²) in [5.74, 6) is -1.25. The minimum absolute atomic E-state index is 0.0603. The normalized spacial score (nSPS) is 17.3. The van der Waals surface area contributed by atoms with Crippen LogP contribution in [-0.2, 0) is 24.3 Å². The number of H-pyrrole nitrogens is 1. The SMILES string of the molecule is Bc1ccc2[nH]c(C(N)=O)c(S(=O)(=O)N3CCOC(C(=O)NCCCOCCCC)C3)c2c1. The second kappa shape index (κ2) is 11.1. The molecule has 3 rings (SSSR count). The van der Waals surface area contributed by atoms with Gasteiger partial charge in [0.05, 0.1) is 6.61 Å². The Bertz CT molecular complexity index is 1100. The van der Waals surface area contributed by atoms with Gasteiger partial charge >= 0.3 is 0 Å². The van der Waals surface area contributed by atoms with E-state index in [1.54, 1.807) is 12.1 Å². The fraction of sp³-hybridized carbons (Fsp3) is 0.524. The van der Waals surface area contributed by atoms with Crippen LogP contribution in [0.5, 0.6) is 0 Å². The summed E-state index contributed by atoms with van der Waals surface area (Å²) in [6, 6.07) is 5.21. The molecular formula is C21H31BN4O6S. The number of rotatable bonds is 11. The molecule has 0 radical (unpaired) electrons. The molecule has 0 aliphatic carbocycles. The molecule has 0 spiro atoms. The molecule has 2 heterocycles. The van der Waals surface area contributed by atoms with E-state index in [0.29, 0.717) is 37.1 Å². The Kier molecular flexibility index (Phi) is 8.52. The number of ether oxygens (including phenoxy) is 2. The van der Waals surface area contributed by atoms with Gasteiger partial charge in [0.2, 0.25) is 10.0 Å². The van der Waals surface area contributed by atoms with Gasteiger partial charge in [0, 0.05) is 43.8 Å². The van der Waals surface area contributed by atoms with E-state index in [9.17, 15) is 18.0 Å². The lowest BCUT2D eigenvalue weighted by Crippen LogP contribution is -2.51.